The second kappa shape index (κ2) is 5.87. The number of rotatable bonds is 4. The normalized spacial score (nSPS) is 12.8. The molecule has 0 aliphatic heterocycles. The molecule has 0 amide bonds. The molecule has 0 aliphatic rings. The largest absolute Gasteiger partial charge is 0.481 e. The molecule has 1 N–H and O–H groups in total. The second-order valence-corrected chi connectivity index (χ2v) is 5.62. The first-order valence-electron chi connectivity index (χ1n) is 6.20. The van der Waals surface area contributed by atoms with Gasteiger partial charge in [0.15, 0.2) is 5.92 Å². The molecule has 1 aromatic carbocycles. The van der Waals surface area contributed by atoms with Crippen LogP contribution < -0.4 is 0 Å². The predicted molar refractivity (Wildman–Crippen MR) is 71.9 cm³/mol. The van der Waals surface area contributed by atoms with Gasteiger partial charge in [0.25, 0.3) is 0 Å². The summed E-state index contributed by atoms with van der Waals surface area (Å²) >= 11 is 0. The summed E-state index contributed by atoms with van der Waals surface area (Å²) in [5.74, 6) is -3.02. The van der Waals surface area contributed by atoms with E-state index >= 15 is 0 Å². The highest BCUT2D eigenvalue weighted by atomic mass is 16.6. The van der Waals surface area contributed by atoms with Crippen LogP contribution in [0.1, 0.15) is 31.9 Å². The SMILES string of the molecule is Cc1cccc(CC(C(=O)O)C(=O)OC(C)(C)C)c1. The summed E-state index contributed by atoms with van der Waals surface area (Å²) in [6.07, 6.45) is 0.145. The topological polar surface area (TPSA) is 63.6 Å². The maximum atomic E-state index is 11.9. The van der Waals surface area contributed by atoms with Crippen molar-refractivity contribution in [3.8, 4) is 0 Å². The Balaban J connectivity index is 2.84. The number of carbonyl (C=O) groups excluding carboxylic acids is 1. The van der Waals surface area contributed by atoms with E-state index in [-0.39, 0.29) is 6.42 Å². The highest BCUT2D eigenvalue weighted by molar-refractivity contribution is 5.94. The molecular formula is C15H20O4. The van der Waals surface area contributed by atoms with Crippen LogP contribution in [-0.2, 0) is 20.7 Å². The number of carboxylic acids is 1. The van der Waals surface area contributed by atoms with Crippen molar-refractivity contribution in [3.05, 3.63) is 35.4 Å². The van der Waals surface area contributed by atoms with Crippen molar-refractivity contribution >= 4 is 11.9 Å². The molecule has 0 radical (unpaired) electrons. The van der Waals surface area contributed by atoms with Crippen LogP contribution in [-0.4, -0.2) is 22.6 Å². The van der Waals surface area contributed by atoms with Crippen LogP contribution in [0.15, 0.2) is 24.3 Å². The van der Waals surface area contributed by atoms with E-state index in [0.29, 0.717) is 0 Å². The summed E-state index contributed by atoms with van der Waals surface area (Å²) in [4.78, 5) is 23.1. The molecule has 1 unspecified atom stereocenters. The summed E-state index contributed by atoms with van der Waals surface area (Å²) in [5.41, 5.74) is 1.17. The van der Waals surface area contributed by atoms with Gasteiger partial charge in [0.05, 0.1) is 0 Å². The number of ether oxygens (including phenoxy) is 1. The Morgan fingerprint density at radius 1 is 1.32 bits per heavy atom. The van der Waals surface area contributed by atoms with Crippen LogP contribution in [0, 0.1) is 12.8 Å². The molecule has 104 valence electrons. The molecule has 0 saturated heterocycles. The Morgan fingerprint density at radius 3 is 2.42 bits per heavy atom. The monoisotopic (exact) mass is 264 g/mol. The third kappa shape index (κ3) is 5.12. The van der Waals surface area contributed by atoms with Crippen molar-refractivity contribution in [2.75, 3.05) is 0 Å². The minimum Gasteiger partial charge on any atom is -0.481 e. The lowest BCUT2D eigenvalue weighted by molar-refractivity contribution is -0.166. The van der Waals surface area contributed by atoms with Crippen molar-refractivity contribution in [1.29, 1.82) is 0 Å². The highest BCUT2D eigenvalue weighted by Gasteiger charge is 2.31. The minimum absolute atomic E-state index is 0.145. The van der Waals surface area contributed by atoms with E-state index < -0.39 is 23.5 Å². The summed E-state index contributed by atoms with van der Waals surface area (Å²) in [7, 11) is 0. The Kier molecular flexibility index (Phi) is 4.70. The Morgan fingerprint density at radius 2 is 1.95 bits per heavy atom. The van der Waals surface area contributed by atoms with E-state index in [1.165, 1.54) is 0 Å². The Bertz CT molecular complexity index is 471. The Hall–Kier alpha value is -1.84. The first-order valence-corrected chi connectivity index (χ1v) is 6.20. The van der Waals surface area contributed by atoms with Gasteiger partial charge in [-0.15, -0.1) is 0 Å². The van der Waals surface area contributed by atoms with E-state index in [1.54, 1.807) is 20.8 Å². The van der Waals surface area contributed by atoms with Crippen LogP contribution in [0.25, 0.3) is 0 Å². The first kappa shape index (κ1) is 15.2. The average molecular weight is 264 g/mol. The summed E-state index contributed by atoms with van der Waals surface area (Å²) in [6, 6.07) is 7.46. The van der Waals surface area contributed by atoms with E-state index in [0.717, 1.165) is 11.1 Å². The summed E-state index contributed by atoms with van der Waals surface area (Å²) < 4.78 is 5.14. The van der Waals surface area contributed by atoms with Gasteiger partial charge in [0, 0.05) is 0 Å². The fourth-order valence-electron chi connectivity index (χ4n) is 1.72. The van der Waals surface area contributed by atoms with Gasteiger partial charge in [-0.25, -0.2) is 0 Å². The number of carboxylic acid groups (broad SMARTS) is 1. The van der Waals surface area contributed by atoms with Crippen LogP contribution in [0.3, 0.4) is 0 Å². The number of hydrogen-bond acceptors (Lipinski definition) is 3. The van der Waals surface area contributed by atoms with Crippen LogP contribution in [0.5, 0.6) is 0 Å². The molecule has 0 fully saturated rings. The molecule has 4 heteroatoms. The molecule has 19 heavy (non-hydrogen) atoms. The molecule has 4 nitrogen and oxygen atoms in total. The number of esters is 1. The zero-order valence-electron chi connectivity index (χ0n) is 11.8. The van der Waals surface area contributed by atoms with Gasteiger partial charge in [-0.3, -0.25) is 9.59 Å². The second-order valence-electron chi connectivity index (χ2n) is 5.62. The van der Waals surface area contributed by atoms with Crippen molar-refractivity contribution in [2.24, 2.45) is 5.92 Å². The fourth-order valence-corrected chi connectivity index (χ4v) is 1.72. The lowest BCUT2D eigenvalue weighted by atomic mass is 9.98. The van der Waals surface area contributed by atoms with Crippen molar-refractivity contribution in [2.45, 2.75) is 39.7 Å². The van der Waals surface area contributed by atoms with Crippen molar-refractivity contribution < 1.29 is 19.4 Å². The molecule has 1 rings (SSSR count). The first-order chi connectivity index (χ1) is 8.69. The summed E-state index contributed by atoms with van der Waals surface area (Å²) in [5, 5.41) is 9.17. The van der Waals surface area contributed by atoms with E-state index in [1.807, 2.05) is 31.2 Å². The fraction of sp³-hybridized carbons (Fsp3) is 0.467. The quantitative estimate of drug-likeness (QED) is 0.670. The lowest BCUT2D eigenvalue weighted by Gasteiger charge is -2.22. The zero-order valence-corrected chi connectivity index (χ0v) is 11.8. The molecule has 1 atom stereocenters. The minimum atomic E-state index is -1.17. The van der Waals surface area contributed by atoms with Crippen molar-refractivity contribution in [3.63, 3.8) is 0 Å². The average Bonchev–Trinajstić information content (AvgIpc) is 2.23. The van der Waals surface area contributed by atoms with Gasteiger partial charge in [0.1, 0.15) is 5.60 Å². The number of aliphatic carboxylic acids is 1. The van der Waals surface area contributed by atoms with Gasteiger partial charge in [-0.2, -0.15) is 0 Å². The number of benzene rings is 1. The standard InChI is InChI=1S/C15H20O4/c1-10-6-5-7-11(8-10)9-12(13(16)17)14(18)19-15(2,3)4/h5-8,12H,9H2,1-4H3,(H,16,17). The van der Waals surface area contributed by atoms with Gasteiger partial charge in [0.2, 0.25) is 0 Å². The van der Waals surface area contributed by atoms with Crippen LogP contribution >= 0.6 is 0 Å². The highest BCUT2D eigenvalue weighted by Crippen LogP contribution is 2.16. The molecule has 0 aliphatic carbocycles. The van der Waals surface area contributed by atoms with E-state index in [2.05, 4.69) is 0 Å². The van der Waals surface area contributed by atoms with Gasteiger partial charge in [-0.05, 0) is 39.7 Å². The van der Waals surface area contributed by atoms with Crippen LogP contribution in [0.2, 0.25) is 0 Å². The van der Waals surface area contributed by atoms with Gasteiger partial charge in [-0.1, -0.05) is 29.8 Å². The lowest BCUT2D eigenvalue weighted by Crippen LogP contribution is -2.34. The van der Waals surface area contributed by atoms with Gasteiger partial charge < -0.3 is 9.84 Å². The third-order valence-corrected chi connectivity index (χ3v) is 2.51. The molecule has 0 bridgehead atoms. The molecule has 0 heterocycles. The predicted octanol–water partition coefficient (Wildman–Crippen LogP) is 2.58. The molecule has 0 spiro atoms. The molecule has 0 saturated carbocycles. The zero-order chi connectivity index (χ0) is 14.6. The molecule has 0 aromatic heterocycles. The van der Waals surface area contributed by atoms with E-state index in [4.69, 9.17) is 4.74 Å². The molecular weight excluding hydrogens is 244 g/mol. The maximum Gasteiger partial charge on any atom is 0.321 e. The Labute approximate surface area is 113 Å². The van der Waals surface area contributed by atoms with Crippen LogP contribution in [0.4, 0.5) is 0 Å². The summed E-state index contributed by atoms with van der Waals surface area (Å²) in [6.45, 7) is 7.08. The third-order valence-electron chi connectivity index (χ3n) is 2.51. The van der Waals surface area contributed by atoms with Gasteiger partial charge >= 0.3 is 11.9 Å². The van der Waals surface area contributed by atoms with Crippen molar-refractivity contribution in [1.82, 2.24) is 0 Å². The number of carbonyl (C=O) groups is 2. The number of aryl methyl sites for hydroxylation is 1. The van der Waals surface area contributed by atoms with E-state index in [9.17, 15) is 14.7 Å². The smallest absolute Gasteiger partial charge is 0.321 e. The number of hydrogen-bond donors (Lipinski definition) is 1. The maximum absolute atomic E-state index is 11.9. The molecule has 1 aromatic rings.